The van der Waals surface area contributed by atoms with Crippen molar-refractivity contribution in [1.29, 1.82) is 5.26 Å². The minimum absolute atomic E-state index is 0.134. The van der Waals surface area contributed by atoms with Crippen LogP contribution in [0.1, 0.15) is 20.3 Å². The zero-order valence-corrected chi connectivity index (χ0v) is 8.08. The van der Waals surface area contributed by atoms with E-state index in [2.05, 4.69) is 24.5 Å². The smallest absolute Gasteiger partial charge is 0.0666 e. The van der Waals surface area contributed by atoms with Crippen molar-refractivity contribution < 1.29 is 0 Å². The van der Waals surface area contributed by atoms with Crippen LogP contribution < -0.4 is 0 Å². The van der Waals surface area contributed by atoms with Crippen LogP contribution in [0.3, 0.4) is 0 Å². The number of nitriles is 1. The lowest BCUT2D eigenvalue weighted by atomic mass is 10.2. The molecule has 0 amide bonds. The molecule has 1 unspecified atom stereocenters. The molecule has 0 aromatic rings. The molecule has 0 N–H and O–H groups in total. The normalized spacial score (nSPS) is 12.5. The van der Waals surface area contributed by atoms with E-state index in [1.54, 1.807) is 0 Å². The number of rotatable bonds is 6. The summed E-state index contributed by atoms with van der Waals surface area (Å²) >= 11 is 0. The maximum Gasteiger partial charge on any atom is 0.0666 e. The van der Waals surface area contributed by atoms with Crippen molar-refractivity contribution >= 4 is 0 Å². The Kier molecular flexibility index (Phi) is 6.41. The summed E-state index contributed by atoms with van der Waals surface area (Å²) in [6.45, 7) is 10.7. The second kappa shape index (κ2) is 6.87. The largest absolute Gasteiger partial charge is 0.302 e. The Morgan fingerprint density at radius 3 is 2.75 bits per heavy atom. The Hall–Kier alpha value is -0.810. The molecule has 0 aromatic carbocycles. The Labute approximate surface area is 75.5 Å². The molecule has 0 aliphatic rings. The molecule has 0 aliphatic heterocycles. The lowest BCUT2D eigenvalue weighted by Gasteiger charge is -2.20. The zero-order chi connectivity index (χ0) is 9.40. The van der Waals surface area contributed by atoms with Crippen LogP contribution in [0, 0.1) is 17.2 Å². The first-order valence-corrected chi connectivity index (χ1v) is 4.47. The third kappa shape index (κ3) is 4.92. The van der Waals surface area contributed by atoms with Gasteiger partial charge in [-0.15, -0.1) is 6.58 Å². The number of hydrogen-bond acceptors (Lipinski definition) is 2. The minimum Gasteiger partial charge on any atom is -0.302 e. The highest BCUT2D eigenvalue weighted by Gasteiger charge is 2.05. The van der Waals surface area contributed by atoms with Crippen molar-refractivity contribution in [1.82, 2.24) is 4.90 Å². The average molecular weight is 166 g/mol. The highest BCUT2D eigenvalue weighted by molar-refractivity contribution is 4.81. The first kappa shape index (κ1) is 11.2. The monoisotopic (exact) mass is 166 g/mol. The van der Waals surface area contributed by atoms with Gasteiger partial charge in [-0.25, -0.2) is 0 Å². The highest BCUT2D eigenvalue weighted by Crippen LogP contribution is 1.99. The topological polar surface area (TPSA) is 27.0 Å². The summed E-state index contributed by atoms with van der Waals surface area (Å²) in [5.41, 5.74) is 0. The van der Waals surface area contributed by atoms with Crippen LogP contribution in [0.15, 0.2) is 12.7 Å². The standard InChI is InChI=1S/C10H18N2/c1-4-6-7-12(5-2)9-10(3)8-11/h4,10H,1,5-7,9H2,2-3H3. The predicted molar refractivity (Wildman–Crippen MR) is 51.7 cm³/mol. The minimum atomic E-state index is 0.134. The number of nitrogens with zero attached hydrogens (tertiary/aromatic N) is 2. The van der Waals surface area contributed by atoms with Crippen LogP contribution in [-0.4, -0.2) is 24.5 Å². The molecule has 2 heteroatoms. The molecular formula is C10H18N2. The summed E-state index contributed by atoms with van der Waals surface area (Å²) < 4.78 is 0. The van der Waals surface area contributed by atoms with Crippen molar-refractivity contribution in [3.05, 3.63) is 12.7 Å². The van der Waals surface area contributed by atoms with Crippen LogP contribution in [0.5, 0.6) is 0 Å². The second-order valence-corrected chi connectivity index (χ2v) is 3.00. The molecule has 0 bridgehead atoms. The van der Waals surface area contributed by atoms with Crippen LogP contribution in [0.25, 0.3) is 0 Å². The van der Waals surface area contributed by atoms with Gasteiger partial charge in [0.1, 0.15) is 0 Å². The molecule has 68 valence electrons. The quantitative estimate of drug-likeness (QED) is 0.565. The number of hydrogen-bond donors (Lipinski definition) is 0. The van der Waals surface area contributed by atoms with Crippen LogP contribution in [-0.2, 0) is 0 Å². The first-order chi connectivity index (χ1) is 5.74. The van der Waals surface area contributed by atoms with E-state index in [0.29, 0.717) is 0 Å². The van der Waals surface area contributed by atoms with E-state index in [4.69, 9.17) is 5.26 Å². The Bertz CT molecular complexity index is 158. The third-order valence-corrected chi connectivity index (χ3v) is 1.85. The Morgan fingerprint density at radius 1 is 1.67 bits per heavy atom. The van der Waals surface area contributed by atoms with Crippen molar-refractivity contribution in [3.63, 3.8) is 0 Å². The van der Waals surface area contributed by atoms with Gasteiger partial charge in [0.25, 0.3) is 0 Å². The van der Waals surface area contributed by atoms with Gasteiger partial charge in [-0.3, -0.25) is 0 Å². The third-order valence-electron chi connectivity index (χ3n) is 1.85. The summed E-state index contributed by atoms with van der Waals surface area (Å²) in [5, 5.41) is 8.61. The molecule has 1 atom stereocenters. The lowest BCUT2D eigenvalue weighted by molar-refractivity contribution is 0.273. The van der Waals surface area contributed by atoms with Crippen LogP contribution >= 0.6 is 0 Å². The molecule has 2 nitrogen and oxygen atoms in total. The van der Waals surface area contributed by atoms with Gasteiger partial charge >= 0.3 is 0 Å². The van der Waals surface area contributed by atoms with Crippen molar-refractivity contribution in [3.8, 4) is 6.07 Å². The van der Waals surface area contributed by atoms with Gasteiger partial charge in [-0.05, 0) is 19.9 Å². The van der Waals surface area contributed by atoms with E-state index in [9.17, 15) is 0 Å². The summed E-state index contributed by atoms with van der Waals surface area (Å²) in [6.07, 6.45) is 2.92. The molecule has 12 heavy (non-hydrogen) atoms. The maximum absolute atomic E-state index is 8.61. The van der Waals surface area contributed by atoms with E-state index >= 15 is 0 Å². The SMILES string of the molecule is C=CCCN(CC)CC(C)C#N. The molecule has 0 heterocycles. The first-order valence-electron chi connectivity index (χ1n) is 4.47. The highest BCUT2D eigenvalue weighted by atomic mass is 15.1. The van der Waals surface area contributed by atoms with Crippen LogP contribution in [0.2, 0.25) is 0 Å². The summed E-state index contributed by atoms with van der Waals surface area (Å²) in [4.78, 5) is 2.27. The van der Waals surface area contributed by atoms with E-state index in [1.165, 1.54) is 0 Å². The fourth-order valence-electron chi connectivity index (χ4n) is 1.08. The molecular weight excluding hydrogens is 148 g/mol. The molecule has 0 radical (unpaired) electrons. The maximum atomic E-state index is 8.61. The van der Waals surface area contributed by atoms with Crippen molar-refractivity contribution in [2.45, 2.75) is 20.3 Å². The van der Waals surface area contributed by atoms with E-state index in [1.807, 2.05) is 13.0 Å². The molecule has 0 rings (SSSR count). The zero-order valence-electron chi connectivity index (χ0n) is 8.08. The Morgan fingerprint density at radius 2 is 2.33 bits per heavy atom. The Balaban J connectivity index is 3.67. The summed E-state index contributed by atoms with van der Waals surface area (Å²) in [7, 11) is 0. The van der Waals surface area contributed by atoms with Gasteiger partial charge in [-0.1, -0.05) is 13.0 Å². The van der Waals surface area contributed by atoms with Crippen LogP contribution in [0.4, 0.5) is 0 Å². The molecule has 0 saturated carbocycles. The van der Waals surface area contributed by atoms with E-state index < -0.39 is 0 Å². The van der Waals surface area contributed by atoms with Gasteiger partial charge in [0.05, 0.1) is 12.0 Å². The summed E-state index contributed by atoms with van der Waals surface area (Å²) in [6, 6.07) is 2.24. The lowest BCUT2D eigenvalue weighted by Crippen LogP contribution is -2.28. The summed E-state index contributed by atoms with van der Waals surface area (Å²) in [5.74, 6) is 0.134. The average Bonchev–Trinajstić information content (AvgIpc) is 2.11. The molecule has 0 aromatic heterocycles. The van der Waals surface area contributed by atoms with Gasteiger partial charge in [-0.2, -0.15) is 5.26 Å². The van der Waals surface area contributed by atoms with Gasteiger partial charge in [0.15, 0.2) is 0 Å². The van der Waals surface area contributed by atoms with E-state index in [0.717, 1.165) is 26.1 Å². The van der Waals surface area contributed by atoms with Gasteiger partial charge in [0.2, 0.25) is 0 Å². The van der Waals surface area contributed by atoms with Crippen molar-refractivity contribution in [2.24, 2.45) is 5.92 Å². The van der Waals surface area contributed by atoms with Crippen molar-refractivity contribution in [2.75, 3.05) is 19.6 Å². The molecule has 0 saturated heterocycles. The predicted octanol–water partition coefficient (Wildman–Crippen LogP) is 2.04. The van der Waals surface area contributed by atoms with E-state index in [-0.39, 0.29) is 5.92 Å². The molecule has 0 spiro atoms. The second-order valence-electron chi connectivity index (χ2n) is 3.00. The molecule has 0 fully saturated rings. The van der Waals surface area contributed by atoms with Gasteiger partial charge < -0.3 is 4.90 Å². The fraction of sp³-hybridized carbons (Fsp3) is 0.700. The fourth-order valence-corrected chi connectivity index (χ4v) is 1.08. The molecule has 0 aliphatic carbocycles. The van der Waals surface area contributed by atoms with Gasteiger partial charge in [0, 0.05) is 13.1 Å².